The van der Waals surface area contributed by atoms with Gasteiger partial charge < -0.3 is 4.74 Å². The third-order valence-electron chi connectivity index (χ3n) is 3.29. The smallest absolute Gasteiger partial charge is 0.150 e. The van der Waals surface area contributed by atoms with Gasteiger partial charge >= 0.3 is 0 Å². The topological polar surface area (TPSA) is 39.2 Å². The first-order chi connectivity index (χ1) is 9.81. The summed E-state index contributed by atoms with van der Waals surface area (Å²) in [6.45, 7) is 0. The summed E-state index contributed by atoms with van der Waals surface area (Å²) in [7, 11) is 1.60. The fraction of sp³-hybridized carbons (Fsp3) is 0.0588. The lowest BCUT2D eigenvalue weighted by Crippen LogP contribution is -1.89. The van der Waals surface area contributed by atoms with Gasteiger partial charge in [0, 0.05) is 23.3 Å². The van der Waals surface area contributed by atoms with Crippen molar-refractivity contribution in [1.29, 1.82) is 0 Å². The molecule has 0 saturated heterocycles. The van der Waals surface area contributed by atoms with Crippen LogP contribution in [0.1, 0.15) is 10.4 Å². The molecule has 0 spiro atoms. The fourth-order valence-corrected chi connectivity index (χ4v) is 2.34. The highest BCUT2D eigenvalue weighted by Gasteiger charge is 2.07. The Morgan fingerprint density at radius 1 is 1.15 bits per heavy atom. The predicted molar refractivity (Wildman–Crippen MR) is 79.1 cm³/mol. The first-order valence-electron chi connectivity index (χ1n) is 6.29. The molecule has 0 aliphatic heterocycles. The average Bonchev–Trinajstić information content (AvgIpc) is 2.53. The molecule has 0 fully saturated rings. The molecule has 2 aromatic carbocycles. The Morgan fingerprint density at radius 3 is 2.85 bits per heavy atom. The lowest BCUT2D eigenvalue weighted by atomic mass is 9.98. The minimum atomic E-state index is 0.602. The number of methoxy groups -OCH3 is 1. The van der Waals surface area contributed by atoms with Crippen LogP contribution in [0.4, 0.5) is 0 Å². The molecule has 0 radical (unpaired) electrons. The highest BCUT2D eigenvalue weighted by molar-refractivity contribution is 5.97. The number of hydrogen-bond donors (Lipinski definition) is 0. The summed E-state index contributed by atoms with van der Waals surface area (Å²) in [6, 6.07) is 13.5. The molecule has 0 aliphatic carbocycles. The summed E-state index contributed by atoms with van der Waals surface area (Å²) in [4.78, 5) is 15.2. The number of carbonyl (C=O) groups excluding carboxylic acids is 1. The van der Waals surface area contributed by atoms with Crippen LogP contribution in [0, 0.1) is 0 Å². The molecule has 0 N–H and O–H groups in total. The van der Waals surface area contributed by atoms with Gasteiger partial charge in [0.15, 0.2) is 0 Å². The van der Waals surface area contributed by atoms with Crippen molar-refractivity contribution in [2.45, 2.75) is 0 Å². The zero-order chi connectivity index (χ0) is 13.9. The highest BCUT2D eigenvalue weighted by atomic mass is 16.5. The van der Waals surface area contributed by atoms with Crippen LogP contribution in [0.15, 0.2) is 54.9 Å². The number of aldehydes is 1. The first-order valence-corrected chi connectivity index (χ1v) is 6.29. The number of aromatic nitrogens is 1. The average molecular weight is 263 g/mol. The number of hydrogen-bond acceptors (Lipinski definition) is 3. The normalized spacial score (nSPS) is 10.4. The van der Waals surface area contributed by atoms with E-state index in [4.69, 9.17) is 4.74 Å². The summed E-state index contributed by atoms with van der Waals surface area (Å²) in [5, 5.41) is 2.17. The highest BCUT2D eigenvalue weighted by Crippen LogP contribution is 2.31. The largest absolute Gasteiger partial charge is 0.497 e. The first kappa shape index (κ1) is 12.4. The van der Waals surface area contributed by atoms with E-state index in [0.29, 0.717) is 11.3 Å². The molecule has 0 atom stereocenters. The maximum Gasteiger partial charge on any atom is 0.150 e. The standard InChI is InChI=1S/C17H13NO2/c1-20-15-8-12(11-19)7-14(9-15)16-4-2-3-13-10-18-6-5-17(13)16/h2-11H,1H3. The van der Waals surface area contributed by atoms with Gasteiger partial charge in [-0.25, -0.2) is 0 Å². The van der Waals surface area contributed by atoms with Crippen LogP contribution in [-0.2, 0) is 0 Å². The maximum atomic E-state index is 11.1. The van der Waals surface area contributed by atoms with Crippen LogP contribution in [0.3, 0.4) is 0 Å². The molecule has 0 amide bonds. The van der Waals surface area contributed by atoms with Gasteiger partial charge in [-0.2, -0.15) is 0 Å². The fourth-order valence-electron chi connectivity index (χ4n) is 2.34. The summed E-state index contributed by atoms with van der Waals surface area (Å²) in [5.74, 6) is 0.677. The van der Waals surface area contributed by atoms with Gasteiger partial charge in [-0.1, -0.05) is 18.2 Å². The van der Waals surface area contributed by atoms with E-state index >= 15 is 0 Å². The van der Waals surface area contributed by atoms with E-state index in [9.17, 15) is 4.79 Å². The molecular formula is C17H13NO2. The number of benzene rings is 2. The Labute approximate surface area is 116 Å². The summed E-state index contributed by atoms with van der Waals surface area (Å²) in [6.07, 6.45) is 4.44. The second kappa shape index (κ2) is 5.13. The predicted octanol–water partition coefficient (Wildman–Crippen LogP) is 3.72. The van der Waals surface area contributed by atoms with Crippen molar-refractivity contribution in [3.05, 3.63) is 60.4 Å². The number of ether oxygens (including phenoxy) is 1. The number of pyridine rings is 1. The monoisotopic (exact) mass is 263 g/mol. The van der Waals surface area contributed by atoms with Gasteiger partial charge in [-0.15, -0.1) is 0 Å². The Hall–Kier alpha value is -2.68. The van der Waals surface area contributed by atoms with Crippen molar-refractivity contribution in [1.82, 2.24) is 4.98 Å². The van der Waals surface area contributed by atoms with Crippen LogP contribution in [0.25, 0.3) is 21.9 Å². The van der Waals surface area contributed by atoms with Crippen molar-refractivity contribution in [3.8, 4) is 16.9 Å². The minimum absolute atomic E-state index is 0.602. The maximum absolute atomic E-state index is 11.1. The van der Waals surface area contributed by atoms with Gasteiger partial charge in [0.05, 0.1) is 7.11 Å². The van der Waals surface area contributed by atoms with Gasteiger partial charge in [0.25, 0.3) is 0 Å². The zero-order valence-corrected chi connectivity index (χ0v) is 11.0. The van der Waals surface area contributed by atoms with E-state index in [1.165, 1.54) is 0 Å². The molecule has 3 aromatic rings. The lowest BCUT2D eigenvalue weighted by Gasteiger charge is -2.09. The number of fused-ring (bicyclic) bond motifs is 1. The zero-order valence-electron chi connectivity index (χ0n) is 11.0. The van der Waals surface area contributed by atoms with E-state index in [0.717, 1.165) is 28.2 Å². The summed E-state index contributed by atoms with van der Waals surface area (Å²) >= 11 is 0. The van der Waals surface area contributed by atoms with Crippen molar-refractivity contribution >= 4 is 17.1 Å². The second-order valence-corrected chi connectivity index (χ2v) is 4.52. The quantitative estimate of drug-likeness (QED) is 0.676. The third kappa shape index (κ3) is 2.14. The number of nitrogens with zero attached hydrogens (tertiary/aromatic N) is 1. The van der Waals surface area contributed by atoms with Gasteiger partial charge in [-0.05, 0) is 40.8 Å². The lowest BCUT2D eigenvalue weighted by molar-refractivity contribution is 0.112. The molecule has 0 bridgehead atoms. The van der Waals surface area contributed by atoms with Crippen LogP contribution in [0.2, 0.25) is 0 Å². The third-order valence-corrected chi connectivity index (χ3v) is 3.29. The number of rotatable bonds is 3. The molecule has 20 heavy (non-hydrogen) atoms. The van der Waals surface area contributed by atoms with Gasteiger partial charge in [0.1, 0.15) is 12.0 Å². The van der Waals surface area contributed by atoms with Crippen LogP contribution in [-0.4, -0.2) is 18.4 Å². The Morgan fingerprint density at radius 2 is 2.05 bits per heavy atom. The molecule has 0 aliphatic rings. The van der Waals surface area contributed by atoms with Crippen molar-refractivity contribution in [3.63, 3.8) is 0 Å². The minimum Gasteiger partial charge on any atom is -0.497 e. The van der Waals surface area contributed by atoms with Crippen LogP contribution in [0.5, 0.6) is 5.75 Å². The number of carbonyl (C=O) groups is 1. The van der Waals surface area contributed by atoms with Crippen molar-refractivity contribution < 1.29 is 9.53 Å². The van der Waals surface area contributed by atoms with Crippen molar-refractivity contribution in [2.24, 2.45) is 0 Å². The van der Waals surface area contributed by atoms with Gasteiger partial charge in [0.2, 0.25) is 0 Å². The molecule has 1 heterocycles. The Kier molecular flexibility index (Phi) is 3.17. The van der Waals surface area contributed by atoms with E-state index in [2.05, 4.69) is 4.98 Å². The van der Waals surface area contributed by atoms with E-state index in [1.54, 1.807) is 19.4 Å². The second-order valence-electron chi connectivity index (χ2n) is 4.52. The summed E-state index contributed by atoms with van der Waals surface area (Å²) in [5.41, 5.74) is 2.63. The molecule has 3 heteroatoms. The molecule has 98 valence electrons. The van der Waals surface area contributed by atoms with Crippen LogP contribution < -0.4 is 4.74 Å². The van der Waals surface area contributed by atoms with E-state index in [-0.39, 0.29) is 0 Å². The van der Waals surface area contributed by atoms with Crippen LogP contribution >= 0.6 is 0 Å². The van der Waals surface area contributed by atoms with Gasteiger partial charge in [-0.3, -0.25) is 9.78 Å². The molecule has 1 aromatic heterocycles. The Balaban J connectivity index is 2.27. The molecule has 0 saturated carbocycles. The SMILES string of the molecule is COc1cc(C=O)cc(-c2cccc3cnccc23)c1. The van der Waals surface area contributed by atoms with E-state index in [1.807, 2.05) is 42.6 Å². The molecule has 0 unspecified atom stereocenters. The Bertz CT molecular complexity index is 776. The summed E-state index contributed by atoms with van der Waals surface area (Å²) < 4.78 is 5.26. The van der Waals surface area contributed by atoms with E-state index < -0.39 is 0 Å². The molecular weight excluding hydrogens is 250 g/mol. The molecule has 3 nitrogen and oxygen atoms in total. The molecule has 3 rings (SSSR count). The van der Waals surface area contributed by atoms with Crippen molar-refractivity contribution in [2.75, 3.05) is 7.11 Å².